The molecule has 0 radical (unpaired) electrons. The molecule has 0 aromatic carbocycles. The molecule has 0 bridgehead atoms. The first kappa shape index (κ1) is 12.0. The van der Waals surface area contributed by atoms with Crippen LogP contribution in [0.2, 0.25) is 0 Å². The summed E-state index contributed by atoms with van der Waals surface area (Å²) in [4.78, 5) is 2.31. The van der Waals surface area contributed by atoms with E-state index < -0.39 is 0 Å². The van der Waals surface area contributed by atoms with Gasteiger partial charge in [0, 0.05) is 27.3 Å². The van der Waals surface area contributed by atoms with E-state index in [1.54, 1.807) is 14.2 Å². The van der Waals surface area contributed by atoms with Gasteiger partial charge in [-0.05, 0) is 25.8 Å². The van der Waals surface area contributed by atoms with Gasteiger partial charge < -0.3 is 14.4 Å². The molecule has 1 saturated carbocycles. The van der Waals surface area contributed by atoms with Crippen LogP contribution in [0.4, 0.5) is 0 Å². The highest BCUT2D eigenvalue weighted by Gasteiger charge is 2.18. The summed E-state index contributed by atoms with van der Waals surface area (Å²) in [6, 6.07) is 0. The summed E-state index contributed by atoms with van der Waals surface area (Å²) < 4.78 is 10.3. The molecule has 0 heterocycles. The first-order chi connectivity index (χ1) is 6.76. The minimum Gasteiger partial charge on any atom is -0.355 e. The molecule has 0 N–H and O–H groups in total. The summed E-state index contributed by atoms with van der Waals surface area (Å²) in [6.07, 6.45) is 5.54. The molecular weight excluding hydrogens is 178 g/mol. The number of ether oxygens (including phenoxy) is 2. The topological polar surface area (TPSA) is 21.7 Å². The number of hydrogen-bond acceptors (Lipinski definition) is 3. The van der Waals surface area contributed by atoms with Gasteiger partial charge >= 0.3 is 0 Å². The van der Waals surface area contributed by atoms with Gasteiger partial charge in [0.2, 0.25) is 0 Å². The minimum atomic E-state index is -0.0820. The van der Waals surface area contributed by atoms with Gasteiger partial charge in [0.15, 0.2) is 6.29 Å². The van der Waals surface area contributed by atoms with Crippen LogP contribution < -0.4 is 0 Å². The van der Waals surface area contributed by atoms with Gasteiger partial charge in [-0.25, -0.2) is 0 Å². The molecule has 0 saturated heterocycles. The van der Waals surface area contributed by atoms with E-state index in [1.807, 2.05) is 0 Å². The molecule has 1 rings (SSSR count). The molecule has 0 aromatic rings. The van der Waals surface area contributed by atoms with Crippen LogP contribution in [0.5, 0.6) is 0 Å². The highest BCUT2D eigenvalue weighted by Crippen LogP contribution is 2.25. The van der Waals surface area contributed by atoms with Crippen molar-refractivity contribution >= 4 is 0 Å². The van der Waals surface area contributed by atoms with E-state index in [0.29, 0.717) is 0 Å². The van der Waals surface area contributed by atoms with E-state index in [2.05, 4.69) is 11.9 Å². The second kappa shape index (κ2) is 6.38. The van der Waals surface area contributed by atoms with Crippen molar-refractivity contribution in [3.05, 3.63) is 0 Å². The number of nitrogens with zero attached hydrogens (tertiary/aromatic N) is 1. The van der Waals surface area contributed by atoms with E-state index in [-0.39, 0.29) is 6.29 Å². The summed E-state index contributed by atoms with van der Waals surface area (Å²) in [6.45, 7) is 2.05. The maximum absolute atomic E-state index is 5.17. The quantitative estimate of drug-likeness (QED) is 0.611. The van der Waals surface area contributed by atoms with Crippen molar-refractivity contribution in [1.29, 1.82) is 0 Å². The lowest BCUT2D eigenvalue weighted by Crippen LogP contribution is -2.34. The highest BCUT2D eigenvalue weighted by molar-refractivity contribution is 4.70. The van der Waals surface area contributed by atoms with Gasteiger partial charge in [-0.15, -0.1) is 0 Å². The zero-order valence-corrected chi connectivity index (χ0v) is 9.66. The van der Waals surface area contributed by atoms with Crippen LogP contribution in [-0.4, -0.2) is 45.5 Å². The van der Waals surface area contributed by atoms with Gasteiger partial charge in [-0.2, -0.15) is 0 Å². The molecule has 0 unspecified atom stereocenters. The Kier molecular flexibility index (Phi) is 5.45. The number of methoxy groups -OCH3 is 2. The number of likely N-dealkylation sites (N-methyl/N-ethyl adjacent to an activating group) is 1. The Labute approximate surface area is 87.4 Å². The normalized spacial score (nSPS) is 18.6. The van der Waals surface area contributed by atoms with Crippen molar-refractivity contribution in [3.63, 3.8) is 0 Å². The highest BCUT2D eigenvalue weighted by atomic mass is 16.7. The average molecular weight is 201 g/mol. The average Bonchev–Trinajstić information content (AvgIpc) is 2.66. The van der Waals surface area contributed by atoms with Crippen LogP contribution in [0.25, 0.3) is 0 Å². The third-order valence-corrected chi connectivity index (χ3v) is 3.03. The molecule has 3 nitrogen and oxygen atoms in total. The molecule has 1 aliphatic rings. The lowest BCUT2D eigenvalue weighted by Gasteiger charge is -2.24. The lowest BCUT2D eigenvalue weighted by molar-refractivity contribution is -0.114. The molecular formula is C11H23NO2. The number of hydrogen-bond donors (Lipinski definition) is 0. The Bertz CT molecular complexity index is 138. The van der Waals surface area contributed by atoms with Crippen LogP contribution in [0.1, 0.15) is 25.7 Å². The van der Waals surface area contributed by atoms with Gasteiger partial charge in [-0.3, -0.25) is 0 Å². The van der Waals surface area contributed by atoms with Gasteiger partial charge in [-0.1, -0.05) is 12.8 Å². The van der Waals surface area contributed by atoms with Crippen LogP contribution in [0.15, 0.2) is 0 Å². The SMILES string of the molecule is COC(CN(C)CC1CCCC1)OC. The Hall–Kier alpha value is -0.120. The first-order valence-electron chi connectivity index (χ1n) is 5.50. The third-order valence-electron chi connectivity index (χ3n) is 3.03. The van der Waals surface area contributed by atoms with E-state index in [9.17, 15) is 0 Å². The Morgan fingerprint density at radius 2 is 1.79 bits per heavy atom. The molecule has 14 heavy (non-hydrogen) atoms. The third kappa shape index (κ3) is 3.95. The Balaban J connectivity index is 2.16. The second-order valence-corrected chi connectivity index (χ2v) is 4.27. The maximum atomic E-state index is 5.17. The Morgan fingerprint density at radius 1 is 1.21 bits per heavy atom. The van der Waals surface area contributed by atoms with Crippen molar-refractivity contribution in [3.8, 4) is 0 Å². The van der Waals surface area contributed by atoms with Crippen LogP contribution in [0.3, 0.4) is 0 Å². The molecule has 0 aromatic heterocycles. The standard InChI is InChI=1S/C11H23NO2/c1-12(9-11(13-2)14-3)8-10-6-4-5-7-10/h10-11H,4-9H2,1-3H3. The van der Waals surface area contributed by atoms with Crippen molar-refractivity contribution in [2.45, 2.75) is 32.0 Å². The molecule has 0 aliphatic heterocycles. The molecule has 0 spiro atoms. The molecule has 84 valence electrons. The summed E-state index contributed by atoms with van der Waals surface area (Å²) in [5.41, 5.74) is 0. The second-order valence-electron chi connectivity index (χ2n) is 4.27. The summed E-state index contributed by atoms with van der Waals surface area (Å²) >= 11 is 0. The van der Waals surface area contributed by atoms with E-state index in [0.717, 1.165) is 12.5 Å². The zero-order chi connectivity index (χ0) is 10.4. The van der Waals surface area contributed by atoms with Crippen LogP contribution >= 0.6 is 0 Å². The van der Waals surface area contributed by atoms with E-state index in [4.69, 9.17) is 9.47 Å². The van der Waals surface area contributed by atoms with E-state index >= 15 is 0 Å². The fraction of sp³-hybridized carbons (Fsp3) is 1.00. The molecule has 1 aliphatic carbocycles. The van der Waals surface area contributed by atoms with Crippen molar-refractivity contribution in [2.75, 3.05) is 34.4 Å². The summed E-state index contributed by atoms with van der Waals surface area (Å²) in [7, 11) is 5.53. The summed E-state index contributed by atoms with van der Waals surface area (Å²) in [5, 5.41) is 0. The van der Waals surface area contributed by atoms with Crippen LogP contribution in [-0.2, 0) is 9.47 Å². The predicted molar refractivity (Wildman–Crippen MR) is 57.3 cm³/mol. The fourth-order valence-electron chi connectivity index (χ4n) is 2.21. The largest absolute Gasteiger partial charge is 0.355 e. The van der Waals surface area contributed by atoms with Gasteiger partial charge in [0.05, 0.1) is 0 Å². The Morgan fingerprint density at radius 3 is 2.29 bits per heavy atom. The smallest absolute Gasteiger partial charge is 0.169 e. The molecule has 3 heteroatoms. The van der Waals surface area contributed by atoms with Crippen molar-refractivity contribution in [1.82, 2.24) is 4.90 Å². The minimum absolute atomic E-state index is 0.0820. The predicted octanol–water partition coefficient (Wildman–Crippen LogP) is 1.73. The summed E-state index contributed by atoms with van der Waals surface area (Å²) in [5.74, 6) is 0.898. The lowest BCUT2D eigenvalue weighted by atomic mass is 10.1. The van der Waals surface area contributed by atoms with E-state index in [1.165, 1.54) is 32.2 Å². The van der Waals surface area contributed by atoms with Crippen LogP contribution in [0, 0.1) is 5.92 Å². The van der Waals surface area contributed by atoms with Gasteiger partial charge in [0.25, 0.3) is 0 Å². The first-order valence-corrected chi connectivity index (χ1v) is 5.50. The maximum Gasteiger partial charge on any atom is 0.169 e. The molecule has 0 amide bonds. The van der Waals surface area contributed by atoms with Gasteiger partial charge in [0.1, 0.15) is 0 Å². The number of rotatable bonds is 6. The zero-order valence-electron chi connectivity index (χ0n) is 9.66. The van der Waals surface area contributed by atoms with Crippen molar-refractivity contribution in [2.24, 2.45) is 5.92 Å². The van der Waals surface area contributed by atoms with Crippen molar-refractivity contribution < 1.29 is 9.47 Å². The molecule has 0 atom stereocenters. The molecule has 1 fully saturated rings. The fourth-order valence-corrected chi connectivity index (χ4v) is 2.21. The monoisotopic (exact) mass is 201 g/mol.